The number of amides is 1. The molecular weight excluding hydrogens is 384 g/mol. The number of carbonyl (C=O) groups is 2. The normalized spacial score (nSPS) is 14.5. The molecule has 2 aromatic carbocycles. The number of rotatable bonds is 5. The van der Waals surface area contributed by atoms with E-state index in [-0.39, 0.29) is 23.2 Å². The van der Waals surface area contributed by atoms with Crippen molar-refractivity contribution in [2.45, 2.75) is 24.7 Å². The number of hydrogen-bond acceptors (Lipinski definition) is 6. The Morgan fingerprint density at radius 3 is 2.23 bits per heavy atom. The minimum Gasteiger partial charge on any atom is -0.507 e. The molecule has 0 bridgehead atoms. The maximum Gasteiger partial charge on any atom is 0.339 e. The van der Waals surface area contributed by atoms with Gasteiger partial charge in [-0.15, -0.1) is 0 Å². The molecule has 152 valence electrons. The fraction of sp³-hybridized carbons (Fsp3) is 0.182. The Balaban J connectivity index is 1.58. The molecule has 1 saturated carbocycles. The second-order valence-electron chi connectivity index (χ2n) is 7.33. The molecule has 0 aliphatic heterocycles. The lowest BCUT2D eigenvalue weighted by atomic mass is 9.63. The number of nitrogens with zero attached hydrogens (tertiary/aromatic N) is 2. The molecule has 0 spiro atoms. The summed E-state index contributed by atoms with van der Waals surface area (Å²) in [6.45, 7) is 0. The third-order valence-electron chi connectivity index (χ3n) is 5.57. The van der Waals surface area contributed by atoms with E-state index in [2.05, 4.69) is 15.3 Å². The molecule has 0 saturated heterocycles. The molecular formula is C22H20N4O4. The summed E-state index contributed by atoms with van der Waals surface area (Å²) < 4.78 is 0. The van der Waals surface area contributed by atoms with E-state index < -0.39 is 11.4 Å². The molecule has 0 radical (unpaired) electrons. The van der Waals surface area contributed by atoms with E-state index >= 15 is 0 Å². The van der Waals surface area contributed by atoms with Crippen LogP contribution in [0.5, 0.6) is 5.75 Å². The molecule has 3 aromatic rings. The highest BCUT2D eigenvalue weighted by Crippen LogP contribution is 2.45. The Kier molecular flexibility index (Phi) is 4.83. The van der Waals surface area contributed by atoms with Crippen LogP contribution in [0.2, 0.25) is 0 Å². The SMILES string of the molecule is Nc1ncc(-c2ccc(C3(C(=O)Nc4ccc(O)c(C(=O)O)c4)CCC3)cc2)cn1. The smallest absolute Gasteiger partial charge is 0.339 e. The summed E-state index contributed by atoms with van der Waals surface area (Å²) in [5.41, 5.74) is 7.57. The average Bonchev–Trinajstić information content (AvgIpc) is 2.69. The summed E-state index contributed by atoms with van der Waals surface area (Å²) in [5.74, 6) is -1.59. The van der Waals surface area contributed by atoms with Crippen LogP contribution in [0.15, 0.2) is 54.9 Å². The van der Waals surface area contributed by atoms with Crippen molar-refractivity contribution in [3.05, 3.63) is 66.0 Å². The third-order valence-corrected chi connectivity index (χ3v) is 5.57. The van der Waals surface area contributed by atoms with Crippen molar-refractivity contribution in [2.75, 3.05) is 11.1 Å². The Hall–Kier alpha value is -3.94. The molecule has 0 atom stereocenters. The molecule has 1 amide bonds. The van der Waals surface area contributed by atoms with Crippen LogP contribution in [-0.4, -0.2) is 32.1 Å². The minimum atomic E-state index is -1.26. The number of carbonyl (C=O) groups excluding carboxylic acids is 1. The zero-order valence-electron chi connectivity index (χ0n) is 16.0. The predicted molar refractivity (Wildman–Crippen MR) is 111 cm³/mol. The largest absolute Gasteiger partial charge is 0.507 e. The van der Waals surface area contributed by atoms with Crippen LogP contribution in [0, 0.1) is 0 Å². The van der Waals surface area contributed by atoms with E-state index in [4.69, 9.17) is 10.8 Å². The van der Waals surface area contributed by atoms with E-state index in [1.165, 1.54) is 18.2 Å². The topological polar surface area (TPSA) is 138 Å². The number of hydrogen-bond donors (Lipinski definition) is 4. The second kappa shape index (κ2) is 7.47. The number of aromatic hydroxyl groups is 1. The zero-order valence-corrected chi connectivity index (χ0v) is 16.0. The Bertz CT molecular complexity index is 1110. The highest BCUT2D eigenvalue weighted by molar-refractivity contribution is 6.01. The summed E-state index contributed by atoms with van der Waals surface area (Å²) in [5, 5.41) is 21.6. The minimum absolute atomic E-state index is 0.195. The van der Waals surface area contributed by atoms with Gasteiger partial charge in [0, 0.05) is 23.6 Å². The molecule has 1 aliphatic carbocycles. The number of benzene rings is 2. The maximum atomic E-state index is 13.1. The number of nitrogens with one attached hydrogen (secondary N) is 1. The van der Waals surface area contributed by atoms with Gasteiger partial charge in [-0.1, -0.05) is 30.7 Å². The van der Waals surface area contributed by atoms with Gasteiger partial charge in [-0.05, 0) is 42.2 Å². The van der Waals surface area contributed by atoms with Crippen LogP contribution in [0.4, 0.5) is 11.6 Å². The molecule has 8 heteroatoms. The molecule has 1 aliphatic rings. The van der Waals surface area contributed by atoms with Crippen LogP contribution in [-0.2, 0) is 10.2 Å². The molecule has 1 heterocycles. The fourth-order valence-electron chi connectivity index (χ4n) is 3.68. The molecule has 8 nitrogen and oxygen atoms in total. The molecule has 5 N–H and O–H groups in total. The lowest BCUT2D eigenvalue weighted by molar-refractivity contribution is -0.124. The number of anilines is 2. The molecule has 30 heavy (non-hydrogen) atoms. The Morgan fingerprint density at radius 2 is 1.67 bits per heavy atom. The van der Waals surface area contributed by atoms with Gasteiger partial charge < -0.3 is 21.3 Å². The van der Waals surface area contributed by atoms with E-state index in [1.807, 2.05) is 24.3 Å². The maximum absolute atomic E-state index is 13.1. The second-order valence-corrected chi connectivity index (χ2v) is 7.33. The first kappa shape index (κ1) is 19.4. The molecule has 1 aromatic heterocycles. The number of carboxylic acid groups (broad SMARTS) is 1. The summed E-state index contributed by atoms with van der Waals surface area (Å²) in [7, 11) is 0. The van der Waals surface area contributed by atoms with Crippen molar-refractivity contribution in [3.8, 4) is 16.9 Å². The zero-order chi connectivity index (χ0) is 21.3. The highest BCUT2D eigenvalue weighted by atomic mass is 16.4. The molecule has 1 fully saturated rings. The van der Waals surface area contributed by atoms with E-state index in [0.29, 0.717) is 18.5 Å². The number of carboxylic acids is 1. The summed E-state index contributed by atoms with van der Waals surface area (Å²) in [6, 6.07) is 11.7. The van der Waals surface area contributed by atoms with Gasteiger partial charge in [-0.3, -0.25) is 4.79 Å². The number of aromatic carboxylic acids is 1. The van der Waals surface area contributed by atoms with Crippen molar-refractivity contribution in [1.82, 2.24) is 9.97 Å². The number of nitrogen functional groups attached to an aromatic ring is 1. The Labute approximate surface area is 172 Å². The lowest BCUT2D eigenvalue weighted by Crippen LogP contribution is -2.46. The summed E-state index contributed by atoms with van der Waals surface area (Å²) in [6.07, 6.45) is 5.62. The van der Waals surface area contributed by atoms with Crippen molar-refractivity contribution in [2.24, 2.45) is 0 Å². The predicted octanol–water partition coefficient (Wildman–Crippen LogP) is 3.19. The number of nitrogens with two attached hydrogens (primary N) is 1. The van der Waals surface area contributed by atoms with Crippen LogP contribution < -0.4 is 11.1 Å². The molecule has 0 unspecified atom stereocenters. The van der Waals surface area contributed by atoms with E-state index in [0.717, 1.165) is 23.1 Å². The summed E-state index contributed by atoms with van der Waals surface area (Å²) in [4.78, 5) is 32.3. The van der Waals surface area contributed by atoms with Crippen molar-refractivity contribution < 1.29 is 19.8 Å². The first-order valence-electron chi connectivity index (χ1n) is 9.45. The van der Waals surface area contributed by atoms with Crippen molar-refractivity contribution in [1.29, 1.82) is 0 Å². The van der Waals surface area contributed by atoms with Crippen LogP contribution in [0.1, 0.15) is 35.2 Å². The third kappa shape index (κ3) is 3.43. The first-order valence-corrected chi connectivity index (χ1v) is 9.45. The van der Waals surface area contributed by atoms with Crippen molar-refractivity contribution in [3.63, 3.8) is 0 Å². The van der Waals surface area contributed by atoms with E-state index in [9.17, 15) is 14.7 Å². The quantitative estimate of drug-likeness (QED) is 0.479. The highest BCUT2D eigenvalue weighted by Gasteiger charge is 2.45. The Morgan fingerprint density at radius 1 is 1.00 bits per heavy atom. The number of aromatic nitrogens is 2. The van der Waals surface area contributed by atoms with Crippen LogP contribution in [0.3, 0.4) is 0 Å². The van der Waals surface area contributed by atoms with Gasteiger partial charge in [0.15, 0.2) is 0 Å². The van der Waals surface area contributed by atoms with Gasteiger partial charge in [0.1, 0.15) is 11.3 Å². The van der Waals surface area contributed by atoms with Gasteiger partial charge >= 0.3 is 5.97 Å². The van der Waals surface area contributed by atoms with E-state index in [1.54, 1.807) is 12.4 Å². The molecule has 4 rings (SSSR count). The van der Waals surface area contributed by atoms with Gasteiger partial charge in [-0.2, -0.15) is 0 Å². The monoisotopic (exact) mass is 404 g/mol. The van der Waals surface area contributed by atoms with Gasteiger partial charge in [-0.25, -0.2) is 14.8 Å². The van der Waals surface area contributed by atoms with Crippen molar-refractivity contribution >= 4 is 23.5 Å². The van der Waals surface area contributed by atoms with Gasteiger partial charge in [0.25, 0.3) is 0 Å². The summed E-state index contributed by atoms with van der Waals surface area (Å²) >= 11 is 0. The van der Waals surface area contributed by atoms with Gasteiger partial charge in [0.2, 0.25) is 11.9 Å². The van der Waals surface area contributed by atoms with Crippen LogP contribution >= 0.6 is 0 Å². The lowest BCUT2D eigenvalue weighted by Gasteiger charge is -2.40. The standard InChI is InChI=1S/C22H20N4O4/c23-21-24-11-14(12-25-21)13-2-4-15(5-3-13)22(8-1-9-22)20(30)26-16-6-7-18(27)17(10-16)19(28)29/h2-7,10-12,27H,1,8-9H2,(H,26,30)(H,28,29)(H2,23,24,25). The van der Waals surface area contributed by atoms with Gasteiger partial charge in [0.05, 0.1) is 5.41 Å². The fourth-order valence-corrected chi connectivity index (χ4v) is 3.68. The first-order chi connectivity index (χ1) is 14.4. The number of phenols is 1. The average molecular weight is 404 g/mol. The van der Waals surface area contributed by atoms with Crippen LogP contribution in [0.25, 0.3) is 11.1 Å².